The molecule has 2 heterocycles. The van der Waals surface area contributed by atoms with E-state index in [-0.39, 0.29) is 11.9 Å². The van der Waals surface area contributed by atoms with Gasteiger partial charge < -0.3 is 4.74 Å². The highest BCUT2D eigenvalue weighted by Crippen LogP contribution is 2.41. The van der Waals surface area contributed by atoms with Gasteiger partial charge in [0.2, 0.25) is 0 Å². The summed E-state index contributed by atoms with van der Waals surface area (Å²) < 4.78 is 5.32. The van der Waals surface area contributed by atoms with E-state index in [1.807, 2.05) is 25.1 Å². The molecule has 3 aromatic rings. The van der Waals surface area contributed by atoms with Gasteiger partial charge in [0.15, 0.2) is 0 Å². The van der Waals surface area contributed by atoms with E-state index >= 15 is 0 Å². The van der Waals surface area contributed by atoms with Crippen LogP contribution in [0.25, 0.3) is 27.6 Å². The molecule has 3 heteroatoms. The van der Waals surface area contributed by atoms with Gasteiger partial charge in [-0.2, -0.15) is 0 Å². The van der Waals surface area contributed by atoms with E-state index in [4.69, 9.17) is 9.72 Å². The summed E-state index contributed by atoms with van der Waals surface area (Å²) in [6.45, 7) is 11.1. The first-order chi connectivity index (χ1) is 13.5. The molecule has 0 amide bonds. The number of cyclic esters (lactones) is 1. The van der Waals surface area contributed by atoms with E-state index in [1.54, 1.807) is 0 Å². The molecule has 1 aliphatic heterocycles. The Bertz CT molecular complexity index is 1080. The van der Waals surface area contributed by atoms with Crippen LogP contribution in [0.3, 0.4) is 0 Å². The topological polar surface area (TPSA) is 39.2 Å². The highest BCUT2D eigenvalue weighted by molar-refractivity contribution is 6.03. The van der Waals surface area contributed by atoms with Gasteiger partial charge >= 0.3 is 5.97 Å². The molecule has 1 saturated heterocycles. The lowest BCUT2D eigenvalue weighted by atomic mass is 9.82. The summed E-state index contributed by atoms with van der Waals surface area (Å²) in [6, 6.07) is 14.8. The largest absolute Gasteiger partial charge is 0.465 e. The van der Waals surface area contributed by atoms with Crippen LogP contribution in [0.4, 0.5) is 0 Å². The zero-order valence-corrected chi connectivity index (χ0v) is 16.7. The van der Waals surface area contributed by atoms with Crippen molar-refractivity contribution < 1.29 is 9.53 Å². The van der Waals surface area contributed by atoms with Crippen molar-refractivity contribution in [1.82, 2.24) is 4.98 Å². The van der Waals surface area contributed by atoms with Crippen LogP contribution < -0.4 is 0 Å². The van der Waals surface area contributed by atoms with Crippen LogP contribution in [0.1, 0.15) is 35.2 Å². The normalized spacial score (nSPS) is 16.8. The molecule has 3 nitrogen and oxygen atoms in total. The summed E-state index contributed by atoms with van der Waals surface area (Å²) in [6.07, 6.45) is 1.64. The van der Waals surface area contributed by atoms with E-state index in [0.717, 1.165) is 51.7 Å². The number of esters is 1. The van der Waals surface area contributed by atoms with E-state index in [9.17, 15) is 4.79 Å². The maximum atomic E-state index is 12.4. The lowest BCUT2D eigenvalue weighted by Crippen LogP contribution is -2.25. The number of nitrogens with zero attached hydrogens (tertiary/aromatic N) is 1. The summed E-state index contributed by atoms with van der Waals surface area (Å²) >= 11 is 0. The van der Waals surface area contributed by atoms with Crippen LogP contribution in [0.5, 0.6) is 0 Å². The second-order valence-electron chi connectivity index (χ2n) is 7.73. The Hall–Kier alpha value is -2.94. The number of carbonyl (C=O) groups excluding carboxylic acids is 1. The van der Waals surface area contributed by atoms with Gasteiger partial charge in [0.1, 0.15) is 0 Å². The van der Waals surface area contributed by atoms with Crippen LogP contribution in [0.15, 0.2) is 49.0 Å². The fourth-order valence-corrected chi connectivity index (χ4v) is 4.32. The minimum absolute atomic E-state index is 0.171. The van der Waals surface area contributed by atoms with Crippen molar-refractivity contribution in [3.05, 3.63) is 71.4 Å². The molecule has 0 aliphatic carbocycles. The third-order valence-corrected chi connectivity index (χ3v) is 5.49. The number of fused-ring (bicyclic) bond motifs is 1. The van der Waals surface area contributed by atoms with Crippen LogP contribution in [-0.4, -0.2) is 17.6 Å². The predicted octanol–water partition coefficient (Wildman–Crippen LogP) is 5.79. The smallest absolute Gasteiger partial charge is 0.313 e. The number of carbonyl (C=O) groups is 1. The number of aryl methyl sites for hydroxylation is 3. The number of hydrogen-bond donors (Lipinski definition) is 0. The standard InChI is InChI=1S/C25H25NO2/c1-15-12-16(2)14-19(13-15)24-21-8-5-6-10-22(21)26-18(4)23(24)17(3)20-9-7-11-28-25(20)27/h5-6,8,10,12-14,20H,3,7,9,11H2,1-2,4H3. The molecule has 28 heavy (non-hydrogen) atoms. The minimum Gasteiger partial charge on any atom is -0.465 e. The summed E-state index contributed by atoms with van der Waals surface area (Å²) in [4.78, 5) is 17.3. The summed E-state index contributed by atoms with van der Waals surface area (Å²) in [5.74, 6) is -0.477. The summed E-state index contributed by atoms with van der Waals surface area (Å²) in [5.41, 5.74) is 8.32. The lowest BCUT2D eigenvalue weighted by Gasteiger charge is -2.26. The minimum atomic E-state index is -0.305. The van der Waals surface area contributed by atoms with Crippen LogP contribution in [-0.2, 0) is 9.53 Å². The highest BCUT2D eigenvalue weighted by Gasteiger charge is 2.30. The van der Waals surface area contributed by atoms with Gasteiger partial charge in [-0.1, -0.05) is 54.1 Å². The lowest BCUT2D eigenvalue weighted by molar-refractivity contribution is -0.150. The van der Waals surface area contributed by atoms with Gasteiger partial charge in [-0.15, -0.1) is 0 Å². The number of pyridine rings is 1. The van der Waals surface area contributed by atoms with Crippen molar-refractivity contribution in [2.75, 3.05) is 6.61 Å². The van der Waals surface area contributed by atoms with E-state index in [0.29, 0.717) is 6.61 Å². The van der Waals surface area contributed by atoms with Crippen molar-refractivity contribution >= 4 is 22.4 Å². The molecule has 0 N–H and O–H groups in total. The van der Waals surface area contributed by atoms with Crippen LogP contribution in [0, 0.1) is 26.7 Å². The van der Waals surface area contributed by atoms with E-state index in [1.165, 1.54) is 11.1 Å². The molecule has 0 bridgehead atoms. The molecular formula is C25H25NO2. The molecule has 1 fully saturated rings. The average molecular weight is 371 g/mol. The van der Waals surface area contributed by atoms with Crippen LogP contribution >= 0.6 is 0 Å². The van der Waals surface area contributed by atoms with Gasteiger partial charge in [-0.3, -0.25) is 9.78 Å². The molecular weight excluding hydrogens is 346 g/mol. The first kappa shape index (κ1) is 18.4. The third kappa shape index (κ3) is 3.22. The molecule has 2 aromatic carbocycles. The molecule has 1 unspecified atom stereocenters. The van der Waals surface area contributed by atoms with Gasteiger partial charge in [0.05, 0.1) is 18.0 Å². The van der Waals surface area contributed by atoms with Crippen molar-refractivity contribution in [2.45, 2.75) is 33.6 Å². The number of para-hydroxylation sites is 1. The fourth-order valence-electron chi connectivity index (χ4n) is 4.32. The highest BCUT2D eigenvalue weighted by atomic mass is 16.5. The van der Waals surface area contributed by atoms with Gasteiger partial charge in [0, 0.05) is 22.2 Å². The molecule has 142 valence electrons. The molecule has 1 aromatic heterocycles. The SMILES string of the molecule is C=C(c1c(C)nc2ccccc2c1-c1cc(C)cc(C)c1)C1CCCOC1=O. The third-order valence-electron chi connectivity index (χ3n) is 5.49. The molecule has 0 radical (unpaired) electrons. The monoisotopic (exact) mass is 371 g/mol. The molecule has 4 rings (SSSR count). The van der Waals surface area contributed by atoms with Crippen molar-refractivity contribution in [3.63, 3.8) is 0 Å². The van der Waals surface area contributed by atoms with Gasteiger partial charge in [-0.25, -0.2) is 0 Å². The van der Waals surface area contributed by atoms with Gasteiger partial charge in [0.25, 0.3) is 0 Å². The van der Waals surface area contributed by atoms with E-state index in [2.05, 4.69) is 44.7 Å². The molecule has 0 spiro atoms. The maximum Gasteiger partial charge on any atom is 0.313 e. The number of benzene rings is 2. The summed E-state index contributed by atoms with van der Waals surface area (Å²) in [5, 5.41) is 1.08. The maximum absolute atomic E-state index is 12.4. The summed E-state index contributed by atoms with van der Waals surface area (Å²) in [7, 11) is 0. The van der Waals surface area contributed by atoms with Crippen molar-refractivity contribution in [1.29, 1.82) is 0 Å². The van der Waals surface area contributed by atoms with Gasteiger partial charge in [-0.05, 0) is 50.8 Å². The Morgan fingerprint density at radius 2 is 1.82 bits per heavy atom. The first-order valence-electron chi connectivity index (χ1n) is 9.79. The Balaban J connectivity index is 2.01. The zero-order valence-electron chi connectivity index (χ0n) is 16.7. The first-order valence-corrected chi connectivity index (χ1v) is 9.79. The quantitative estimate of drug-likeness (QED) is 0.547. The Kier molecular flexibility index (Phi) is 4.76. The zero-order chi connectivity index (χ0) is 19.8. The number of aromatic nitrogens is 1. The molecule has 1 aliphatic rings. The number of hydrogen-bond acceptors (Lipinski definition) is 3. The predicted molar refractivity (Wildman–Crippen MR) is 114 cm³/mol. The van der Waals surface area contributed by atoms with Crippen molar-refractivity contribution in [2.24, 2.45) is 5.92 Å². The Morgan fingerprint density at radius 1 is 1.11 bits per heavy atom. The Morgan fingerprint density at radius 3 is 2.54 bits per heavy atom. The fraction of sp³-hybridized carbons (Fsp3) is 0.280. The van der Waals surface area contributed by atoms with E-state index < -0.39 is 0 Å². The van der Waals surface area contributed by atoms with Crippen LogP contribution in [0.2, 0.25) is 0 Å². The molecule has 0 saturated carbocycles. The Labute approximate surface area is 166 Å². The number of ether oxygens (including phenoxy) is 1. The number of rotatable bonds is 3. The van der Waals surface area contributed by atoms with Crippen molar-refractivity contribution in [3.8, 4) is 11.1 Å². The molecule has 1 atom stereocenters. The second-order valence-corrected chi connectivity index (χ2v) is 7.73. The second kappa shape index (κ2) is 7.23. The average Bonchev–Trinajstić information content (AvgIpc) is 2.66.